The predicted octanol–water partition coefficient (Wildman–Crippen LogP) is 2.70. The van der Waals surface area contributed by atoms with E-state index in [9.17, 15) is 4.79 Å². The molecule has 0 spiro atoms. The molecule has 3 aromatic rings. The average molecular weight is 360 g/mol. The highest BCUT2D eigenvalue weighted by Crippen LogP contribution is 2.37. The molecule has 0 unspecified atom stereocenters. The molecule has 0 radical (unpaired) electrons. The summed E-state index contributed by atoms with van der Waals surface area (Å²) in [4.78, 5) is 15.1. The third-order valence-electron chi connectivity index (χ3n) is 5.59. The van der Waals surface area contributed by atoms with Crippen molar-refractivity contribution in [3.63, 3.8) is 0 Å². The first kappa shape index (κ1) is 16.2. The molecule has 0 aliphatic carbocycles. The van der Waals surface area contributed by atoms with Gasteiger partial charge in [-0.25, -0.2) is 0 Å². The van der Waals surface area contributed by atoms with Crippen molar-refractivity contribution >= 4 is 5.91 Å². The molecule has 0 bridgehead atoms. The van der Waals surface area contributed by atoms with Crippen molar-refractivity contribution in [2.75, 3.05) is 19.6 Å². The van der Waals surface area contributed by atoms with Gasteiger partial charge in [-0.3, -0.25) is 9.69 Å². The van der Waals surface area contributed by atoms with Crippen LogP contribution in [0.2, 0.25) is 0 Å². The zero-order valence-electron chi connectivity index (χ0n) is 14.8. The van der Waals surface area contributed by atoms with E-state index in [0.29, 0.717) is 24.3 Å². The number of nitrogens with zero attached hydrogens (tertiary/aromatic N) is 3. The molecule has 2 atom stereocenters. The minimum atomic E-state index is -0.0182. The zero-order chi connectivity index (χ0) is 18.2. The molecule has 1 saturated heterocycles. The Kier molecular flexibility index (Phi) is 3.98. The Hall–Kier alpha value is -2.99. The van der Waals surface area contributed by atoms with Gasteiger partial charge in [0.15, 0.2) is 0 Å². The van der Waals surface area contributed by atoms with Gasteiger partial charge in [-0.05, 0) is 29.2 Å². The number of fused-ring (bicyclic) bond motifs is 3. The van der Waals surface area contributed by atoms with Gasteiger partial charge in [0.1, 0.15) is 0 Å². The molecule has 136 valence electrons. The number of nitrogens with one attached hydrogen (secondary N) is 1. The van der Waals surface area contributed by atoms with Crippen molar-refractivity contribution in [1.82, 2.24) is 20.4 Å². The van der Waals surface area contributed by atoms with E-state index >= 15 is 0 Å². The Labute approximate surface area is 157 Å². The summed E-state index contributed by atoms with van der Waals surface area (Å²) in [6.07, 6.45) is 1.30. The van der Waals surface area contributed by atoms with Gasteiger partial charge < -0.3 is 9.73 Å². The van der Waals surface area contributed by atoms with E-state index < -0.39 is 0 Å². The zero-order valence-corrected chi connectivity index (χ0v) is 14.8. The van der Waals surface area contributed by atoms with Gasteiger partial charge in [0.05, 0.1) is 0 Å². The second-order valence-electron chi connectivity index (χ2n) is 7.30. The number of benzene rings is 2. The van der Waals surface area contributed by atoms with Gasteiger partial charge in [-0.15, -0.1) is 10.2 Å². The highest BCUT2D eigenvalue weighted by molar-refractivity contribution is 5.97. The molecule has 1 N–H and O–H groups in total. The van der Waals surface area contributed by atoms with Gasteiger partial charge in [-0.2, -0.15) is 0 Å². The topological polar surface area (TPSA) is 71.3 Å². The Balaban J connectivity index is 1.44. The van der Waals surface area contributed by atoms with Gasteiger partial charge in [0.25, 0.3) is 5.91 Å². The summed E-state index contributed by atoms with van der Waals surface area (Å²) in [6, 6.07) is 16.5. The molecule has 1 aromatic heterocycles. The predicted molar refractivity (Wildman–Crippen MR) is 100 cm³/mol. The summed E-state index contributed by atoms with van der Waals surface area (Å²) >= 11 is 0. The third kappa shape index (κ3) is 3.02. The maximum absolute atomic E-state index is 12.6. The lowest BCUT2D eigenvalue weighted by Crippen LogP contribution is -2.29. The van der Waals surface area contributed by atoms with Crippen molar-refractivity contribution in [1.29, 1.82) is 0 Å². The minimum absolute atomic E-state index is 0.0182. The summed E-state index contributed by atoms with van der Waals surface area (Å²) in [5.74, 6) is 1.19. The molecule has 1 amide bonds. The van der Waals surface area contributed by atoms with Crippen LogP contribution in [0.4, 0.5) is 0 Å². The summed E-state index contributed by atoms with van der Waals surface area (Å²) in [6.45, 7) is 3.60. The molecule has 0 saturated carbocycles. The number of aromatic nitrogens is 2. The largest absolute Gasteiger partial charge is 0.423 e. The quantitative estimate of drug-likeness (QED) is 0.778. The Morgan fingerprint density at radius 2 is 2.04 bits per heavy atom. The van der Waals surface area contributed by atoms with Gasteiger partial charge in [-0.1, -0.05) is 36.4 Å². The second-order valence-corrected chi connectivity index (χ2v) is 7.30. The first-order chi connectivity index (χ1) is 13.3. The number of likely N-dealkylation sites (tertiary alicyclic amines) is 1. The van der Waals surface area contributed by atoms with Crippen LogP contribution in [0.3, 0.4) is 0 Å². The van der Waals surface area contributed by atoms with Crippen LogP contribution in [-0.2, 0) is 6.54 Å². The van der Waals surface area contributed by atoms with E-state index in [1.165, 1.54) is 12.0 Å². The standard InChI is InChI=1S/C21H20N4O2/c26-20-18-8-15(21-24-23-13-27-21)6-7-17(18)19-12-25(11-16(19)9-22-20)10-14-4-2-1-3-5-14/h1-8,13,16,19H,9-12H2,(H,22,26)/t16-,19-/m1/s1. The lowest BCUT2D eigenvalue weighted by Gasteiger charge is -2.17. The molecule has 5 rings (SSSR count). The second kappa shape index (κ2) is 6.63. The summed E-state index contributed by atoms with van der Waals surface area (Å²) in [7, 11) is 0. The maximum Gasteiger partial charge on any atom is 0.251 e. The first-order valence-corrected chi connectivity index (χ1v) is 9.23. The number of carbonyl (C=O) groups excluding carboxylic acids is 1. The van der Waals surface area contributed by atoms with Gasteiger partial charge in [0, 0.05) is 43.2 Å². The van der Waals surface area contributed by atoms with Crippen LogP contribution in [0, 0.1) is 5.92 Å². The molecule has 27 heavy (non-hydrogen) atoms. The fourth-order valence-corrected chi connectivity index (χ4v) is 4.32. The van der Waals surface area contributed by atoms with Crippen LogP contribution in [0.25, 0.3) is 11.5 Å². The number of amides is 1. The Bertz CT molecular complexity index is 956. The Morgan fingerprint density at radius 3 is 2.85 bits per heavy atom. The Morgan fingerprint density at radius 1 is 1.15 bits per heavy atom. The van der Waals surface area contributed by atoms with Crippen LogP contribution in [0.1, 0.15) is 27.4 Å². The minimum Gasteiger partial charge on any atom is -0.423 e. The van der Waals surface area contributed by atoms with Crippen molar-refractivity contribution in [2.45, 2.75) is 12.5 Å². The average Bonchev–Trinajstić information content (AvgIpc) is 3.34. The summed E-state index contributed by atoms with van der Waals surface area (Å²) < 4.78 is 5.28. The SMILES string of the molecule is O=C1NC[C@@H]2CN(Cc3ccccc3)C[C@H]2c2ccc(-c3nnco3)cc21. The molecule has 1 fully saturated rings. The number of hydrogen-bond acceptors (Lipinski definition) is 5. The summed E-state index contributed by atoms with van der Waals surface area (Å²) in [5, 5.41) is 10.8. The van der Waals surface area contributed by atoms with Crippen molar-refractivity contribution in [3.05, 3.63) is 71.6 Å². The van der Waals surface area contributed by atoms with E-state index in [-0.39, 0.29) is 5.91 Å². The van der Waals surface area contributed by atoms with Crippen LogP contribution in [0.15, 0.2) is 59.3 Å². The lowest BCUT2D eigenvalue weighted by atomic mass is 9.86. The molecule has 6 heteroatoms. The van der Waals surface area contributed by atoms with Crippen molar-refractivity contribution < 1.29 is 9.21 Å². The fourth-order valence-electron chi connectivity index (χ4n) is 4.32. The molecular weight excluding hydrogens is 340 g/mol. The molecule has 3 heterocycles. The molecule has 2 aliphatic heterocycles. The van der Waals surface area contributed by atoms with E-state index in [0.717, 1.165) is 36.3 Å². The number of carbonyl (C=O) groups is 1. The van der Waals surface area contributed by atoms with Crippen LogP contribution in [0.5, 0.6) is 0 Å². The monoisotopic (exact) mass is 360 g/mol. The fraction of sp³-hybridized carbons (Fsp3) is 0.286. The van der Waals surface area contributed by atoms with E-state index in [2.05, 4.69) is 50.7 Å². The maximum atomic E-state index is 12.6. The molecular formula is C21H20N4O2. The van der Waals surface area contributed by atoms with Crippen molar-refractivity contribution in [3.8, 4) is 11.5 Å². The van der Waals surface area contributed by atoms with E-state index in [4.69, 9.17) is 4.42 Å². The number of hydrogen-bond donors (Lipinski definition) is 1. The number of rotatable bonds is 3. The molecule has 2 aliphatic rings. The van der Waals surface area contributed by atoms with Crippen LogP contribution < -0.4 is 5.32 Å². The van der Waals surface area contributed by atoms with Crippen LogP contribution >= 0.6 is 0 Å². The molecule has 2 aromatic carbocycles. The van der Waals surface area contributed by atoms with Gasteiger partial charge >= 0.3 is 0 Å². The van der Waals surface area contributed by atoms with E-state index in [1.54, 1.807) is 0 Å². The van der Waals surface area contributed by atoms with E-state index in [1.807, 2.05) is 18.2 Å². The summed E-state index contributed by atoms with van der Waals surface area (Å²) in [5.41, 5.74) is 3.94. The van der Waals surface area contributed by atoms with Crippen molar-refractivity contribution in [2.24, 2.45) is 5.92 Å². The smallest absolute Gasteiger partial charge is 0.251 e. The highest BCUT2D eigenvalue weighted by atomic mass is 16.4. The molecule has 6 nitrogen and oxygen atoms in total. The normalized spacial score (nSPS) is 22.0. The first-order valence-electron chi connectivity index (χ1n) is 9.23. The highest BCUT2D eigenvalue weighted by Gasteiger charge is 2.38. The van der Waals surface area contributed by atoms with Gasteiger partial charge in [0.2, 0.25) is 12.3 Å². The van der Waals surface area contributed by atoms with Crippen LogP contribution in [-0.4, -0.2) is 40.6 Å². The third-order valence-corrected chi connectivity index (χ3v) is 5.59. The lowest BCUT2D eigenvalue weighted by molar-refractivity contribution is 0.0951.